The molecule has 8 heteroatoms. The molecule has 2 aliphatic heterocycles. The summed E-state index contributed by atoms with van der Waals surface area (Å²) < 4.78 is 19.2. The van der Waals surface area contributed by atoms with E-state index in [0.29, 0.717) is 43.6 Å². The van der Waals surface area contributed by atoms with Crippen LogP contribution in [0.4, 0.5) is 4.39 Å². The summed E-state index contributed by atoms with van der Waals surface area (Å²) in [6.07, 6.45) is 1.47. The molecule has 1 aromatic carbocycles. The Morgan fingerprint density at radius 3 is 2.91 bits per heavy atom. The Balaban J connectivity index is 1.67. The van der Waals surface area contributed by atoms with E-state index in [9.17, 15) is 9.50 Å². The monoisotopic (exact) mass is 319 g/mol. The van der Waals surface area contributed by atoms with E-state index in [1.165, 1.54) is 6.21 Å². The summed E-state index contributed by atoms with van der Waals surface area (Å²) in [5.41, 5.74) is 3.30. The molecule has 2 aliphatic rings. The Morgan fingerprint density at radius 1 is 1.35 bits per heavy atom. The quantitative estimate of drug-likeness (QED) is 0.566. The molecule has 0 unspecified atom stereocenters. The van der Waals surface area contributed by atoms with Gasteiger partial charge in [0.1, 0.15) is 5.75 Å². The largest absolute Gasteiger partial charge is 0.507 e. The van der Waals surface area contributed by atoms with Crippen LogP contribution < -0.4 is 10.7 Å². The number of nitrogens with one attached hydrogen (secondary N) is 2. The number of phenolic OH excluding ortho intramolecular Hbond substituents is 1. The van der Waals surface area contributed by atoms with Crippen molar-refractivity contribution >= 4 is 12.2 Å². The number of guanidine groups is 1. The van der Waals surface area contributed by atoms with Gasteiger partial charge < -0.3 is 20.1 Å². The number of benzene rings is 1. The third-order valence-electron chi connectivity index (χ3n) is 3.49. The molecule has 0 bridgehead atoms. The summed E-state index contributed by atoms with van der Waals surface area (Å²) in [5.74, 6) is 0.505. The van der Waals surface area contributed by atoms with Crippen molar-refractivity contribution in [3.05, 3.63) is 41.5 Å². The standard InChI is InChI=1S/C15H18FN5O2/c16-12-10-17-15(19-14(12)21-5-7-23-8-6-21)20-18-9-11-3-1-2-4-13(11)22/h1-4,9,22H,5-8,10H2,(H2,17,19,20)/b18-9+. The first-order chi connectivity index (χ1) is 11.2. The summed E-state index contributed by atoms with van der Waals surface area (Å²) >= 11 is 0. The number of ether oxygens (including phenoxy) is 1. The SMILES string of the molecule is Oc1ccccc1/C=N/NC1=NC(N2CCOCC2)=C(F)CN1. The lowest BCUT2D eigenvalue weighted by Gasteiger charge is -2.30. The number of hydrazone groups is 1. The van der Waals surface area contributed by atoms with E-state index in [1.807, 2.05) is 4.90 Å². The van der Waals surface area contributed by atoms with Gasteiger partial charge in [0, 0.05) is 18.7 Å². The van der Waals surface area contributed by atoms with Crippen LogP contribution in [0.3, 0.4) is 0 Å². The van der Waals surface area contributed by atoms with Crippen LogP contribution in [-0.4, -0.2) is 55.0 Å². The number of hydrogen-bond donors (Lipinski definition) is 3. The number of aromatic hydroxyl groups is 1. The Bertz CT molecular complexity index is 653. The number of morpholine rings is 1. The topological polar surface area (TPSA) is 81.5 Å². The van der Waals surface area contributed by atoms with E-state index >= 15 is 0 Å². The van der Waals surface area contributed by atoms with Crippen LogP contribution in [0, 0.1) is 0 Å². The van der Waals surface area contributed by atoms with Crippen molar-refractivity contribution in [3.63, 3.8) is 0 Å². The number of nitrogens with zero attached hydrogens (tertiary/aromatic N) is 3. The Kier molecular flexibility index (Phi) is 4.72. The second kappa shape index (κ2) is 7.10. The average molecular weight is 319 g/mol. The zero-order valence-electron chi connectivity index (χ0n) is 12.5. The Hall–Kier alpha value is -2.61. The third-order valence-corrected chi connectivity index (χ3v) is 3.49. The second-order valence-corrected chi connectivity index (χ2v) is 5.07. The van der Waals surface area contributed by atoms with Crippen molar-refractivity contribution in [2.75, 3.05) is 32.8 Å². The highest BCUT2D eigenvalue weighted by molar-refractivity contribution is 5.86. The van der Waals surface area contributed by atoms with Gasteiger partial charge in [0.25, 0.3) is 0 Å². The van der Waals surface area contributed by atoms with Gasteiger partial charge in [-0.15, -0.1) is 0 Å². The molecule has 0 atom stereocenters. The molecule has 1 fully saturated rings. The lowest BCUT2D eigenvalue weighted by Crippen LogP contribution is -2.42. The van der Waals surface area contributed by atoms with Crippen molar-refractivity contribution in [1.82, 2.24) is 15.6 Å². The molecule has 3 rings (SSSR count). The fourth-order valence-electron chi connectivity index (χ4n) is 2.29. The summed E-state index contributed by atoms with van der Waals surface area (Å²) in [7, 11) is 0. The zero-order chi connectivity index (χ0) is 16.1. The predicted octanol–water partition coefficient (Wildman–Crippen LogP) is 0.746. The molecule has 1 aromatic rings. The fraction of sp³-hybridized carbons (Fsp3) is 0.333. The number of para-hydroxylation sites is 1. The number of halogens is 1. The molecule has 3 N–H and O–H groups in total. The van der Waals surface area contributed by atoms with Gasteiger partial charge in [-0.3, -0.25) is 0 Å². The molecule has 0 radical (unpaired) electrons. The predicted molar refractivity (Wildman–Crippen MR) is 84.8 cm³/mol. The van der Waals surface area contributed by atoms with E-state index in [-0.39, 0.29) is 18.1 Å². The van der Waals surface area contributed by atoms with Gasteiger partial charge in [0.05, 0.1) is 26.0 Å². The lowest BCUT2D eigenvalue weighted by molar-refractivity contribution is 0.0514. The van der Waals surface area contributed by atoms with Crippen LogP contribution in [0.5, 0.6) is 5.75 Å². The molecule has 0 saturated carbocycles. The van der Waals surface area contributed by atoms with E-state index in [4.69, 9.17) is 4.74 Å². The van der Waals surface area contributed by atoms with Gasteiger partial charge >= 0.3 is 0 Å². The van der Waals surface area contributed by atoms with Crippen molar-refractivity contribution in [2.45, 2.75) is 0 Å². The molecular formula is C15H18FN5O2. The van der Waals surface area contributed by atoms with Crippen molar-refractivity contribution in [1.29, 1.82) is 0 Å². The molecule has 0 aromatic heterocycles. The first-order valence-corrected chi connectivity index (χ1v) is 7.35. The highest BCUT2D eigenvalue weighted by atomic mass is 19.1. The summed E-state index contributed by atoms with van der Waals surface area (Å²) in [4.78, 5) is 6.09. The van der Waals surface area contributed by atoms with Gasteiger partial charge in [-0.05, 0) is 12.1 Å². The minimum Gasteiger partial charge on any atom is -0.507 e. The van der Waals surface area contributed by atoms with Crippen LogP contribution >= 0.6 is 0 Å². The highest BCUT2D eigenvalue weighted by Gasteiger charge is 2.21. The van der Waals surface area contributed by atoms with Crippen LogP contribution in [0.15, 0.2) is 46.0 Å². The summed E-state index contributed by atoms with van der Waals surface area (Å²) in [6, 6.07) is 6.84. The first-order valence-electron chi connectivity index (χ1n) is 7.35. The maximum absolute atomic E-state index is 14.0. The Morgan fingerprint density at radius 2 is 2.13 bits per heavy atom. The van der Waals surface area contributed by atoms with Crippen molar-refractivity contribution < 1.29 is 14.2 Å². The molecule has 0 spiro atoms. The smallest absolute Gasteiger partial charge is 0.219 e. The number of aliphatic imine (C=N–C) groups is 1. The summed E-state index contributed by atoms with van der Waals surface area (Å²) in [5, 5.41) is 16.5. The molecule has 2 heterocycles. The van der Waals surface area contributed by atoms with Gasteiger partial charge in [-0.25, -0.2) is 9.82 Å². The summed E-state index contributed by atoms with van der Waals surface area (Å²) in [6.45, 7) is 2.41. The van der Waals surface area contributed by atoms with Gasteiger partial charge in [-0.1, -0.05) is 12.1 Å². The van der Waals surface area contributed by atoms with Crippen LogP contribution in [0.2, 0.25) is 0 Å². The van der Waals surface area contributed by atoms with Crippen LogP contribution in [-0.2, 0) is 4.74 Å². The number of hydrogen-bond acceptors (Lipinski definition) is 7. The Labute approximate surface area is 133 Å². The third kappa shape index (κ3) is 3.78. The number of rotatable bonds is 3. The molecule has 1 saturated heterocycles. The fourth-order valence-corrected chi connectivity index (χ4v) is 2.29. The molecule has 122 valence electrons. The minimum atomic E-state index is -0.304. The zero-order valence-corrected chi connectivity index (χ0v) is 12.5. The van der Waals surface area contributed by atoms with E-state index < -0.39 is 0 Å². The highest BCUT2D eigenvalue weighted by Crippen LogP contribution is 2.17. The molecule has 23 heavy (non-hydrogen) atoms. The van der Waals surface area contributed by atoms with Crippen molar-refractivity contribution in [3.8, 4) is 5.75 Å². The van der Waals surface area contributed by atoms with E-state index in [1.54, 1.807) is 24.3 Å². The molecule has 0 aliphatic carbocycles. The van der Waals surface area contributed by atoms with Crippen LogP contribution in [0.25, 0.3) is 0 Å². The van der Waals surface area contributed by atoms with E-state index in [2.05, 4.69) is 20.8 Å². The van der Waals surface area contributed by atoms with Crippen LogP contribution in [0.1, 0.15) is 5.56 Å². The lowest BCUT2D eigenvalue weighted by atomic mass is 10.2. The normalized spacial score (nSPS) is 18.8. The molecular weight excluding hydrogens is 301 g/mol. The molecule has 0 amide bonds. The maximum Gasteiger partial charge on any atom is 0.219 e. The van der Waals surface area contributed by atoms with Gasteiger partial charge in [0.15, 0.2) is 11.6 Å². The minimum absolute atomic E-state index is 0.0601. The number of phenols is 1. The first kappa shape index (κ1) is 15.3. The second-order valence-electron chi connectivity index (χ2n) is 5.07. The average Bonchev–Trinajstić information content (AvgIpc) is 2.59. The molecule has 7 nitrogen and oxygen atoms in total. The van der Waals surface area contributed by atoms with Crippen molar-refractivity contribution in [2.24, 2.45) is 10.1 Å². The van der Waals surface area contributed by atoms with E-state index in [0.717, 1.165) is 0 Å². The van der Waals surface area contributed by atoms with Gasteiger partial charge in [0.2, 0.25) is 5.96 Å². The maximum atomic E-state index is 14.0. The van der Waals surface area contributed by atoms with Gasteiger partial charge in [-0.2, -0.15) is 10.1 Å².